The summed E-state index contributed by atoms with van der Waals surface area (Å²) in [7, 11) is 0. The minimum absolute atomic E-state index is 0.0310. The van der Waals surface area contributed by atoms with Crippen molar-refractivity contribution in [1.29, 1.82) is 0 Å². The van der Waals surface area contributed by atoms with E-state index < -0.39 is 24.5 Å². The van der Waals surface area contributed by atoms with Gasteiger partial charge in [-0.15, -0.1) is 0 Å². The van der Waals surface area contributed by atoms with E-state index in [1.165, 1.54) is 0 Å². The summed E-state index contributed by atoms with van der Waals surface area (Å²) in [5, 5.41) is 8.21. The predicted molar refractivity (Wildman–Crippen MR) is 49.2 cm³/mol. The Hall–Kier alpha value is -1.14. The van der Waals surface area contributed by atoms with Crippen molar-refractivity contribution >= 4 is 11.9 Å². The summed E-state index contributed by atoms with van der Waals surface area (Å²) in [5.41, 5.74) is 7.53. The molecule has 6 nitrogen and oxygen atoms in total. The highest BCUT2D eigenvalue weighted by Gasteiger charge is 2.19. The van der Waals surface area contributed by atoms with Crippen LogP contribution in [0.15, 0.2) is 0 Å². The largest absolute Gasteiger partial charge is 0.479 e. The topological polar surface area (TPSA) is 102 Å². The highest BCUT2D eigenvalue weighted by atomic mass is 16.7. The van der Waals surface area contributed by atoms with Crippen LogP contribution in [0.1, 0.15) is 20.3 Å². The second kappa shape index (κ2) is 6.33. The molecular weight excluding hydrogens is 188 g/mol. The summed E-state index contributed by atoms with van der Waals surface area (Å²) >= 11 is 0. The molecular formula is C8H16N2O4. The molecule has 0 aromatic carbocycles. The molecule has 0 spiro atoms. The Bertz CT molecular complexity index is 208. The Kier molecular flexibility index (Phi) is 5.82. The molecule has 0 saturated heterocycles. The van der Waals surface area contributed by atoms with Crippen LogP contribution in [0.25, 0.3) is 0 Å². The van der Waals surface area contributed by atoms with Crippen LogP contribution < -0.4 is 11.2 Å². The van der Waals surface area contributed by atoms with Gasteiger partial charge in [-0.25, -0.2) is 10.3 Å². The Labute approximate surface area is 82.4 Å². The number of nitrogens with one attached hydrogen (secondary N) is 1. The molecule has 6 heteroatoms. The van der Waals surface area contributed by atoms with Crippen LogP contribution in [-0.4, -0.2) is 29.6 Å². The molecule has 82 valence electrons. The van der Waals surface area contributed by atoms with Crippen LogP contribution in [0.3, 0.4) is 0 Å². The van der Waals surface area contributed by atoms with E-state index in [4.69, 9.17) is 10.8 Å². The molecule has 0 fully saturated rings. The van der Waals surface area contributed by atoms with E-state index in [0.717, 1.165) is 6.42 Å². The second-order valence-corrected chi connectivity index (χ2v) is 3.06. The molecule has 14 heavy (non-hydrogen) atoms. The quantitative estimate of drug-likeness (QED) is 0.506. The minimum Gasteiger partial charge on any atom is -0.479 e. The van der Waals surface area contributed by atoms with E-state index in [9.17, 15) is 9.59 Å². The van der Waals surface area contributed by atoms with Gasteiger partial charge < -0.3 is 10.8 Å². The summed E-state index contributed by atoms with van der Waals surface area (Å²) in [6.45, 7) is 3.18. The minimum atomic E-state index is -1.15. The summed E-state index contributed by atoms with van der Waals surface area (Å²) < 4.78 is 0. The van der Waals surface area contributed by atoms with Gasteiger partial charge in [-0.3, -0.25) is 9.63 Å². The van der Waals surface area contributed by atoms with Gasteiger partial charge in [0.15, 0.2) is 6.61 Å². The van der Waals surface area contributed by atoms with Crippen molar-refractivity contribution in [2.75, 3.05) is 6.61 Å². The zero-order valence-corrected chi connectivity index (χ0v) is 8.32. The van der Waals surface area contributed by atoms with Crippen molar-refractivity contribution in [3.63, 3.8) is 0 Å². The lowest BCUT2D eigenvalue weighted by Crippen LogP contribution is -2.45. The zero-order chi connectivity index (χ0) is 11.1. The SMILES string of the molecule is CC[C@H](C)[C@H](N)C(=O)NOCC(=O)O. The summed E-state index contributed by atoms with van der Waals surface area (Å²) in [4.78, 5) is 25.6. The molecule has 0 heterocycles. The average Bonchev–Trinajstić information content (AvgIpc) is 2.14. The van der Waals surface area contributed by atoms with Crippen molar-refractivity contribution in [3.05, 3.63) is 0 Å². The Morgan fingerprint density at radius 3 is 2.57 bits per heavy atom. The number of hydrogen-bond donors (Lipinski definition) is 3. The smallest absolute Gasteiger partial charge is 0.332 e. The third-order valence-corrected chi connectivity index (χ3v) is 1.93. The number of nitrogens with two attached hydrogens (primary N) is 1. The number of amides is 1. The van der Waals surface area contributed by atoms with Gasteiger partial charge in [-0.05, 0) is 5.92 Å². The van der Waals surface area contributed by atoms with E-state index in [1.807, 2.05) is 19.3 Å². The fourth-order valence-electron chi connectivity index (χ4n) is 0.749. The van der Waals surface area contributed by atoms with Crippen molar-refractivity contribution in [3.8, 4) is 0 Å². The molecule has 4 N–H and O–H groups in total. The number of carboxylic acid groups (broad SMARTS) is 1. The van der Waals surface area contributed by atoms with Crippen LogP contribution in [0.4, 0.5) is 0 Å². The third kappa shape index (κ3) is 4.78. The van der Waals surface area contributed by atoms with E-state index in [-0.39, 0.29) is 5.92 Å². The molecule has 2 atom stereocenters. The van der Waals surface area contributed by atoms with E-state index in [0.29, 0.717) is 0 Å². The summed E-state index contributed by atoms with van der Waals surface area (Å²) in [6.07, 6.45) is 0.771. The third-order valence-electron chi connectivity index (χ3n) is 1.93. The predicted octanol–water partition coefficient (Wildman–Crippen LogP) is -0.508. The molecule has 0 aromatic rings. The number of hydrogen-bond acceptors (Lipinski definition) is 4. The molecule has 0 radical (unpaired) electrons. The molecule has 0 bridgehead atoms. The van der Waals surface area contributed by atoms with Crippen LogP contribution in [0.5, 0.6) is 0 Å². The molecule has 0 aromatic heterocycles. The van der Waals surface area contributed by atoms with E-state index in [2.05, 4.69) is 4.84 Å². The van der Waals surface area contributed by atoms with Crippen molar-refractivity contribution < 1.29 is 19.5 Å². The maximum absolute atomic E-state index is 11.2. The number of aliphatic carboxylic acids is 1. The van der Waals surface area contributed by atoms with Crippen LogP contribution in [0.2, 0.25) is 0 Å². The van der Waals surface area contributed by atoms with Crippen molar-refractivity contribution in [2.45, 2.75) is 26.3 Å². The normalized spacial score (nSPS) is 14.5. The van der Waals surface area contributed by atoms with E-state index in [1.54, 1.807) is 0 Å². The van der Waals surface area contributed by atoms with Crippen molar-refractivity contribution in [2.24, 2.45) is 11.7 Å². The number of carboxylic acids is 1. The van der Waals surface area contributed by atoms with Crippen LogP contribution in [0, 0.1) is 5.92 Å². The van der Waals surface area contributed by atoms with Crippen LogP contribution >= 0.6 is 0 Å². The average molecular weight is 204 g/mol. The van der Waals surface area contributed by atoms with E-state index >= 15 is 0 Å². The monoisotopic (exact) mass is 204 g/mol. The fraction of sp³-hybridized carbons (Fsp3) is 0.750. The standard InChI is InChI=1S/C8H16N2O4/c1-3-5(2)7(9)8(13)10-14-4-6(11)12/h5,7H,3-4,9H2,1-2H3,(H,10,13)(H,11,12)/t5-,7-/m0/s1. The van der Waals surface area contributed by atoms with Gasteiger partial charge >= 0.3 is 5.97 Å². The molecule has 0 aliphatic carbocycles. The lowest BCUT2D eigenvalue weighted by atomic mass is 10.00. The van der Waals surface area contributed by atoms with Gasteiger partial charge in [0, 0.05) is 0 Å². The second-order valence-electron chi connectivity index (χ2n) is 3.06. The lowest BCUT2D eigenvalue weighted by Gasteiger charge is -2.16. The summed E-state index contributed by atoms with van der Waals surface area (Å²) in [5.74, 6) is -1.62. The molecule has 0 aliphatic rings. The number of carbonyl (C=O) groups is 2. The van der Waals surface area contributed by atoms with Crippen molar-refractivity contribution in [1.82, 2.24) is 5.48 Å². The molecule has 0 aliphatic heterocycles. The lowest BCUT2D eigenvalue weighted by molar-refractivity contribution is -0.150. The maximum Gasteiger partial charge on any atom is 0.332 e. The first-order chi connectivity index (χ1) is 6.49. The van der Waals surface area contributed by atoms with Gasteiger partial charge in [-0.2, -0.15) is 0 Å². The number of rotatable bonds is 6. The van der Waals surface area contributed by atoms with Crippen LogP contribution in [-0.2, 0) is 14.4 Å². The first-order valence-electron chi connectivity index (χ1n) is 4.38. The Balaban J connectivity index is 3.78. The molecule has 1 amide bonds. The zero-order valence-electron chi connectivity index (χ0n) is 8.32. The highest BCUT2D eigenvalue weighted by molar-refractivity contribution is 5.81. The first-order valence-corrected chi connectivity index (χ1v) is 4.38. The Morgan fingerprint density at radius 2 is 2.14 bits per heavy atom. The fourth-order valence-corrected chi connectivity index (χ4v) is 0.749. The highest BCUT2D eigenvalue weighted by Crippen LogP contribution is 2.04. The summed E-state index contributed by atoms with van der Waals surface area (Å²) in [6, 6.07) is -0.672. The number of hydroxylamine groups is 1. The van der Waals surface area contributed by atoms with Gasteiger partial charge in [-0.1, -0.05) is 20.3 Å². The molecule has 0 rings (SSSR count). The van der Waals surface area contributed by atoms with Gasteiger partial charge in [0.2, 0.25) is 0 Å². The first kappa shape index (κ1) is 12.9. The van der Waals surface area contributed by atoms with Gasteiger partial charge in [0.05, 0.1) is 6.04 Å². The van der Waals surface area contributed by atoms with Gasteiger partial charge in [0.25, 0.3) is 5.91 Å². The Morgan fingerprint density at radius 1 is 1.57 bits per heavy atom. The molecule has 0 unspecified atom stereocenters. The number of carbonyl (C=O) groups excluding carboxylic acids is 1. The van der Waals surface area contributed by atoms with Gasteiger partial charge in [0.1, 0.15) is 0 Å². The maximum atomic E-state index is 11.2. The molecule has 0 saturated carbocycles.